The van der Waals surface area contributed by atoms with E-state index in [4.69, 9.17) is 11.6 Å². The van der Waals surface area contributed by atoms with E-state index in [1.165, 1.54) is 44.2 Å². The van der Waals surface area contributed by atoms with E-state index in [1.54, 1.807) is 0 Å². The fourth-order valence-electron chi connectivity index (χ4n) is 2.77. The minimum atomic E-state index is -0.549. The molecule has 0 nitrogen and oxygen atoms in total. The predicted octanol–water partition coefficient (Wildman–Crippen LogP) is 5.61. The highest BCUT2D eigenvalue weighted by Crippen LogP contribution is 2.33. The van der Waals surface area contributed by atoms with Crippen molar-refractivity contribution >= 4 is 11.6 Å². The zero-order valence-electron chi connectivity index (χ0n) is 10.5. The zero-order chi connectivity index (χ0) is 13.0. The largest absolute Gasteiger partial charge is 0.207 e. The van der Waals surface area contributed by atoms with Gasteiger partial charge in [0.15, 0.2) is 0 Å². The lowest BCUT2D eigenvalue weighted by Gasteiger charge is -2.22. The fourth-order valence-corrected chi connectivity index (χ4v) is 3.07. The zero-order valence-corrected chi connectivity index (χ0v) is 11.2. The summed E-state index contributed by atoms with van der Waals surface area (Å²) in [5, 5.41) is -0.340. The molecule has 2 rings (SSSR count). The van der Waals surface area contributed by atoms with Gasteiger partial charge in [0.1, 0.15) is 11.6 Å². The van der Waals surface area contributed by atoms with Crippen molar-refractivity contribution in [2.24, 2.45) is 5.92 Å². The van der Waals surface area contributed by atoms with Crippen LogP contribution in [-0.4, -0.2) is 0 Å². The molecule has 0 heterocycles. The molecule has 0 spiro atoms. The predicted molar refractivity (Wildman–Crippen MR) is 70.8 cm³/mol. The summed E-state index contributed by atoms with van der Waals surface area (Å²) in [4.78, 5) is 0. The van der Waals surface area contributed by atoms with Crippen LogP contribution >= 0.6 is 11.6 Å². The van der Waals surface area contributed by atoms with Gasteiger partial charge >= 0.3 is 0 Å². The molecule has 100 valence electrons. The first-order valence-electron chi connectivity index (χ1n) is 6.76. The molecule has 1 aromatic rings. The van der Waals surface area contributed by atoms with Crippen molar-refractivity contribution in [3.63, 3.8) is 0 Å². The number of rotatable bonds is 4. The van der Waals surface area contributed by atoms with Crippen LogP contribution in [0.15, 0.2) is 18.2 Å². The van der Waals surface area contributed by atoms with E-state index in [1.807, 2.05) is 0 Å². The Morgan fingerprint density at radius 2 is 1.89 bits per heavy atom. The molecule has 0 amide bonds. The Hall–Kier alpha value is -0.630. The SMILES string of the molecule is Fc1ccc(C(Cl)CCC2CCCCC2)c(F)c1. The van der Waals surface area contributed by atoms with Crippen LogP contribution in [0.5, 0.6) is 0 Å². The summed E-state index contributed by atoms with van der Waals surface area (Å²) < 4.78 is 26.3. The van der Waals surface area contributed by atoms with Crippen molar-refractivity contribution in [3.05, 3.63) is 35.4 Å². The molecule has 18 heavy (non-hydrogen) atoms. The van der Waals surface area contributed by atoms with Gasteiger partial charge in [-0.2, -0.15) is 0 Å². The first-order chi connectivity index (χ1) is 8.66. The third-order valence-corrected chi connectivity index (χ3v) is 4.31. The summed E-state index contributed by atoms with van der Waals surface area (Å²) in [6.45, 7) is 0. The Morgan fingerprint density at radius 3 is 2.56 bits per heavy atom. The molecule has 0 radical (unpaired) electrons. The average molecular weight is 273 g/mol. The van der Waals surface area contributed by atoms with Gasteiger partial charge in [-0.1, -0.05) is 38.2 Å². The molecule has 0 saturated heterocycles. The van der Waals surface area contributed by atoms with Crippen LogP contribution in [0.3, 0.4) is 0 Å². The second kappa shape index (κ2) is 6.51. The second-order valence-electron chi connectivity index (χ2n) is 5.21. The van der Waals surface area contributed by atoms with Crippen LogP contribution in [-0.2, 0) is 0 Å². The van der Waals surface area contributed by atoms with Crippen LogP contribution in [0.2, 0.25) is 0 Å². The molecule has 1 aromatic carbocycles. The number of benzene rings is 1. The van der Waals surface area contributed by atoms with Crippen LogP contribution in [0.1, 0.15) is 55.9 Å². The van der Waals surface area contributed by atoms with Crippen molar-refractivity contribution in [3.8, 4) is 0 Å². The van der Waals surface area contributed by atoms with Gasteiger partial charge in [-0.25, -0.2) is 8.78 Å². The Kier molecular flexibility index (Phi) is 4.99. The quantitative estimate of drug-likeness (QED) is 0.625. The molecule has 1 aliphatic carbocycles. The molecular formula is C15H19ClF2. The normalized spacial score (nSPS) is 18.8. The van der Waals surface area contributed by atoms with Crippen molar-refractivity contribution in [2.75, 3.05) is 0 Å². The third kappa shape index (κ3) is 3.68. The van der Waals surface area contributed by atoms with Crippen molar-refractivity contribution in [1.29, 1.82) is 0 Å². The van der Waals surface area contributed by atoms with E-state index >= 15 is 0 Å². The molecule has 1 aliphatic rings. The number of hydrogen-bond acceptors (Lipinski definition) is 0. The molecule has 1 unspecified atom stereocenters. The highest BCUT2D eigenvalue weighted by Gasteiger charge is 2.18. The first-order valence-corrected chi connectivity index (χ1v) is 7.19. The van der Waals surface area contributed by atoms with Crippen molar-refractivity contribution in [1.82, 2.24) is 0 Å². The Balaban J connectivity index is 1.88. The van der Waals surface area contributed by atoms with Gasteiger partial charge in [0.25, 0.3) is 0 Å². The molecule has 0 N–H and O–H groups in total. The van der Waals surface area contributed by atoms with E-state index < -0.39 is 11.6 Å². The third-order valence-electron chi connectivity index (χ3n) is 3.85. The number of halogens is 3. The highest BCUT2D eigenvalue weighted by atomic mass is 35.5. The molecule has 1 fully saturated rings. The summed E-state index contributed by atoms with van der Waals surface area (Å²) >= 11 is 6.22. The fraction of sp³-hybridized carbons (Fsp3) is 0.600. The smallest absolute Gasteiger partial charge is 0.130 e. The Morgan fingerprint density at radius 1 is 1.17 bits per heavy atom. The highest BCUT2D eigenvalue weighted by molar-refractivity contribution is 6.20. The summed E-state index contributed by atoms with van der Waals surface area (Å²) in [7, 11) is 0. The maximum Gasteiger partial charge on any atom is 0.130 e. The molecule has 0 bridgehead atoms. The van der Waals surface area contributed by atoms with Gasteiger partial charge in [-0.3, -0.25) is 0 Å². The molecular weight excluding hydrogens is 254 g/mol. The van der Waals surface area contributed by atoms with Crippen LogP contribution in [0.4, 0.5) is 8.78 Å². The second-order valence-corrected chi connectivity index (χ2v) is 5.74. The minimum absolute atomic E-state index is 0.340. The molecule has 0 aliphatic heterocycles. The van der Waals surface area contributed by atoms with Crippen LogP contribution < -0.4 is 0 Å². The minimum Gasteiger partial charge on any atom is -0.207 e. The first kappa shape index (κ1) is 13.8. The maximum absolute atomic E-state index is 13.5. The average Bonchev–Trinajstić information content (AvgIpc) is 2.37. The molecule has 3 heteroatoms. The molecule has 1 atom stereocenters. The summed E-state index contributed by atoms with van der Waals surface area (Å²) in [5.74, 6) is -0.338. The standard InChI is InChI=1S/C15H19ClF2/c16-14(9-6-11-4-2-1-3-5-11)13-8-7-12(17)10-15(13)18/h7-8,10-11,14H,1-6,9H2. The van der Waals surface area contributed by atoms with E-state index in [0.717, 1.165) is 24.8 Å². The lowest BCUT2D eigenvalue weighted by atomic mass is 9.85. The molecule has 1 saturated carbocycles. The van der Waals surface area contributed by atoms with Crippen molar-refractivity contribution in [2.45, 2.75) is 50.3 Å². The van der Waals surface area contributed by atoms with Gasteiger partial charge in [0, 0.05) is 11.6 Å². The van der Waals surface area contributed by atoms with Crippen LogP contribution in [0, 0.1) is 17.6 Å². The number of alkyl halides is 1. The van der Waals surface area contributed by atoms with Gasteiger partial charge in [-0.05, 0) is 24.8 Å². The molecule has 0 aromatic heterocycles. The topological polar surface area (TPSA) is 0 Å². The van der Waals surface area contributed by atoms with E-state index in [9.17, 15) is 8.78 Å². The number of hydrogen-bond donors (Lipinski definition) is 0. The van der Waals surface area contributed by atoms with Gasteiger partial charge < -0.3 is 0 Å². The van der Waals surface area contributed by atoms with Crippen LogP contribution in [0.25, 0.3) is 0 Å². The lowest BCUT2D eigenvalue weighted by molar-refractivity contribution is 0.330. The Labute approximate surface area is 112 Å². The lowest BCUT2D eigenvalue weighted by Crippen LogP contribution is -2.07. The van der Waals surface area contributed by atoms with Gasteiger partial charge in [-0.15, -0.1) is 11.6 Å². The van der Waals surface area contributed by atoms with E-state index in [2.05, 4.69) is 0 Å². The van der Waals surface area contributed by atoms with E-state index in [0.29, 0.717) is 5.56 Å². The summed E-state index contributed by atoms with van der Waals surface area (Å²) in [6, 6.07) is 3.64. The Bertz CT molecular complexity index is 386. The summed E-state index contributed by atoms with van der Waals surface area (Å²) in [5.41, 5.74) is 0.425. The van der Waals surface area contributed by atoms with E-state index in [-0.39, 0.29) is 5.38 Å². The monoisotopic (exact) mass is 272 g/mol. The maximum atomic E-state index is 13.5. The van der Waals surface area contributed by atoms with Gasteiger partial charge in [0.05, 0.1) is 5.38 Å². The van der Waals surface area contributed by atoms with Crippen molar-refractivity contribution < 1.29 is 8.78 Å². The summed E-state index contributed by atoms with van der Waals surface area (Å²) in [6.07, 6.45) is 8.32. The van der Waals surface area contributed by atoms with Gasteiger partial charge in [0.2, 0.25) is 0 Å².